The summed E-state index contributed by atoms with van der Waals surface area (Å²) in [6.07, 6.45) is 8.46. The Labute approximate surface area is 171 Å². The first kappa shape index (κ1) is 19.9. The van der Waals surface area contributed by atoms with Crippen LogP contribution < -0.4 is 10.6 Å². The predicted molar refractivity (Wildman–Crippen MR) is 107 cm³/mol. The molecule has 2 saturated carbocycles. The van der Waals surface area contributed by atoms with E-state index in [0.717, 1.165) is 51.4 Å². The molecule has 4 rings (SSSR count). The molecule has 0 aromatic carbocycles. The molecular formula is C21H31N5O3. The van der Waals surface area contributed by atoms with Crippen molar-refractivity contribution in [2.75, 3.05) is 6.54 Å². The van der Waals surface area contributed by atoms with Crippen LogP contribution >= 0.6 is 0 Å². The third-order valence-electron chi connectivity index (χ3n) is 6.72. The average Bonchev–Trinajstić information content (AvgIpc) is 3.43. The van der Waals surface area contributed by atoms with Crippen molar-refractivity contribution in [3.8, 4) is 0 Å². The second-order valence-electron chi connectivity index (χ2n) is 8.81. The summed E-state index contributed by atoms with van der Waals surface area (Å²) in [5.74, 6) is -0.639. The van der Waals surface area contributed by atoms with Gasteiger partial charge in [-0.15, -0.1) is 0 Å². The monoisotopic (exact) mass is 401 g/mol. The Kier molecular flexibility index (Phi) is 5.36. The Morgan fingerprint density at radius 3 is 2.28 bits per heavy atom. The molecule has 1 aromatic heterocycles. The van der Waals surface area contributed by atoms with E-state index >= 15 is 0 Å². The van der Waals surface area contributed by atoms with Crippen LogP contribution in [-0.2, 0) is 11.3 Å². The van der Waals surface area contributed by atoms with Gasteiger partial charge in [0, 0.05) is 24.7 Å². The van der Waals surface area contributed by atoms with Gasteiger partial charge in [-0.2, -0.15) is 5.10 Å². The standard InChI is InChI=1S/C21H31N5O3/c1-3-25-19(28)17-12-16(18(27)22-14-8-4-5-9-14)24-26(17)13-21(25,2)20(29)23-15-10-6-7-11-15/h12,14-15H,3-11,13H2,1-2H3,(H,22,27)(H,23,29)/t21-/m0/s1. The summed E-state index contributed by atoms with van der Waals surface area (Å²) < 4.78 is 1.53. The molecule has 1 aliphatic heterocycles. The molecule has 2 fully saturated rings. The van der Waals surface area contributed by atoms with Gasteiger partial charge in [-0.3, -0.25) is 19.1 Å². The zero-order valence-corrected chi connectivity index (χ0v) is 17.4. The lowest BCUT2D eigenvalue weighted by Gasteiger charge is -2.43. The fraction of sp³-hybridized carbons (Fsp3) is 0.714. The number of carbonyl (C=O) groups is 3. The first-order valence-electron chi connectivity index (χ1n) is 10.9. The summed E-state index contributed by atoms with van der Waals surface area (Å²) in [6, 6.07) is 1.93. The molecule has 0 bridgehead atoms. The molecule has 2 aliphatic carbocycles. The molecule has 8 nitrogen and oxygen atoms in total. The normalized spacial score (nSPS) is 25.3. The number of nitrogens with one attached hydrogen (secondary N) is 2. The summed E-state index contributed by atoms with van der Waals surface area (Å²) in [4.78, 5) is 40.5. The van der Waals surface area contributed by atoms with Crippen molar-refractivity contribution in [3.63, 3.8) is 0 Å². The Morgan fingerprint density at radius 1 is 1.10 bits per heavy atom. The van der Waals surface area contributed by atoms with Gasteiger partial charge in [-0.05, 0) is 39.5 Å². The molecular weight excluding hydrogens is 370 g/mol. The number of likely N-dealkylation sites (N-methyl/N-ethyl adjacent to an activating group) is 1. The maximum absolute atomic E-state index is 13.1. The van der Waals surface area contributed by atoms with Crippen molar-refractivity contribution in [2.24, 2.45) is 0 Å². The molecule has 1 aromatic rings. The summed E-state index contributed by atoms with van der Waals surface area (Å²) in [6.45, 7) is 4.33. The molecule has 0 saturated heterocycles. The fourth-order valence-corrected chi connectivity index (χ4v) is 4.99. The number of hydrogen-bond acceptors (Lipinski definition) is 4. The van der Waals surface area contributed by atoms with Crippen molar-refractivity contribution < 1.29 is 14.4 Å². The van der Waals surface area contributed by atoms with E-state index in [1.807, 2.05) is 6.92 Å². The third kappa shape index (κ3) is 3.65. The topological polar surface area (TPSA) is 96.3 Å². The number of aromatic nitrogens is 2. The highest BCUT2D eigenvalue weighted by atomic mass is 16.2. The van der Waals surface area contributed by atoms with E-state index < -0.39 is 5.54 Å². The van der Waals surface area contributed by atoms with Crippen LogP contribution in [0.4, 0.5) is 0 Å². The number of amides is 3. The van der Waals surface area contributed by atoms with Gasteiger partial charge in [0.1, 0.15) is 11.2 Å². The molecule has 0 spiro atoms. The van der Waals surface area contributed by atoms with Crippen molar-refractivity contribution >= 4 is 17.7 Å². The summed E-state index contributed by atoms with van der Waals surface area (Å²) in [7, 11) is 0. The van der Waals surface area contributed by atoms with E-state index in [9.17, 15) is 14.4 Å². The zero-order chi connectivity index (χ0) is 20.6. The van der Waals surface area contributed by atoms with Crippen molar-refractivity contribution in [1.29, 1.82) is 0 Å². The van der Waals surface area contributed by atoms with E-state index in [0.29, 0.717) is 12.2 Å². The van der Waals surface area contributed by atoms with Crippen LogP contribution in [0.1, 0.15) is 86.2 Å². The molecule has 29 heavy (non-hydrogen) atoms. The van der Waals surface area contributed by atoms with Gasteiger partial charge in [0.05, 0.1) is 6.54 Å². The van der Waals surface area contributed by atoms with E-state index in [1.165, 1.54) is 4.68 Å². The highest BCUT2D eigenvalue weighted by Gasteiger charge is 2.48. The lowest BCUT2D eigenvalue weighted by molar-refractivity contribution is -0.133. The van der Waals surface area contributed by atoms with Crippen molar-refractivity contribution in [1.82, 2.24) is 25.3 Å². The Bertz CT molecular complexity index is 807. The van der Waals surface area contributed by atoms with Crippen LogP contribution in [0.3, 0.4) is 0 Å². The highest BCUT2D eigenvalue weighted by Crippen LogP contribution is 2.29. The number of nitrogens with zero attached hydrogens (tertiary/aromatic N) is 3. The van der Waals surface area contributed by atoms with Crippen LogP contribution in [0.25, 0.3) is 0 Å². The van der Waals surface area contributed by atoms with Crippen LogP contribution in [0.2, 0.25) is 0 Å². The quantitative estimate of drug-likeness (QED) is 0.787. The largest absolute Gasteiger partial charge is 0.351 e. The summed E-state index contributed by atoms with van der Waals surface area (Å²) in [5, 5.41) is 10.5. The van der Waals surface area contributed by atoms with Gasteiger partial charge in [-0.25, -0.2) is 0 Å². The van der Waals surface area contributed by atoms with Crippen LogP contribution in [0.15, 0.2) is 6.07 Å². The van der Waals surface area contributed by atoms with E-state index in [4.69, 9.17) is 0 Å². The van der Waals surface area contributed by atoms with Crippen LogP contribution in [-0.4, -0.2) is 56.6 Å². The minimum atomic E-state index is -1.02. The zero-order valence-electron chi connectivity index (χ0n) is 17.4. The van der Waals surface area contributed by atoms with E-state index in [1.54, 1.807) is 17.9 Å². The fourth-order valence-electron chi connectivity index (χ4n) is 4.99. The lowest BCUT2D eigenvalue weighted by atomic mass is 9.94. The van der Waals surface area contributed by atoms with Crippen molar-refractivity contribution in [2.45, 2.75) is 89.4 Å². The summed E-state index contributed by atoms with van der Waals surface area (Å²) in [5.41, 5.74) is -0.404. The predicted octanol–water partition coefficient (Wildman–Crippen LogP) is 1.85. The molecule has 0 radical (unpaired) electrons. The number of rotatable bonds is 5. The Morgan fingerprint density at radius 2 is 1.69 bits per heavy atom. The first-order chi connectivity index (χ1) is 13.9. The average molecular weight is 402 g/mol. The minimum absolute atomic E-state index is 0.141. The van der Waals surface area contributed by atoms with Gasteiger partial charge in [0.2, 0.25) is 5.91 Å². The maximum Gasteiger partial charge on any atom is 0.273 e. The molecule has 158 valence electrons. The molecule has 1 atom stereocenters. The molecule has 2 N–H and O–H groups in total. The van der Waals surface area contributed by atoms with Crippen LogP contribution in [0.5, 0.6) is 0 Å². The SMILES string of the molecule is CCN1C(=O)c2cc(C(=O)NC3CCCC3)nn2C[C@@]1(C)C(=O)NC1CCCC1. The smallest absolute Gasteiger partial charge is 0.273 e. The molecule has 3 amide bonds. The lowest BCUT2D eigenvalue weighted by Crippen LogP contribution is -2.64. The summed E-state index contributed by atoms with van der Waals surface area (Å²) >= 11 is 0. The van der Waals surface area contributed by atoms with Gasteiger partial charge < -0.3 is 15.5 Å². The molecule has 3 aliphatic rings. The Hall–Kier alpha value is -2.38. The van der Waals surface area contributed by atoms with Gasteiger partial charge in [0.25, 0.3) is 11.8 Å². The maximum atomic E-state index is 13.1. The van der Waals surface area contributed by atoms with E-state index in [2.05, 4.69) is 15.7 Å². The van der Waals surface area contributed by atoms with Crippen LogP contribution in [0, 0.1) is 0 Å². The Balaban J connectivity index is 1.55. The number of hydrogen-bond donors (Lipinski definition) is 2. The third-order valence-corrected chi connectivity index (χ3v) is 6.72. The minimum Gasteiger partial charge on any atom is -0.351 e. The molecule has 0 unspecified atom stereocenters. The number of fused-ring (bicyclic) bond motifs is 1. The van der Waals surface area contributed by atoms with Crippen molar-refractivity contribution in [3.05, 3.63) is 17.5 Å². The van der Waals surface area contributed by atoms with Gasteiger partial charge >= 0.3 is 0 Å². The van der Waals surface area contributed by atoms with Gasteiger partial charge in [0.15, 0.2) is 5.69 Å². The van der Waals surface area contributed by atoms with E-state index in [-0.39, 0.29) is 42.0 Å². The molecule has 8 heteroatoms. The number of carbonyl (C=O) groups excluding carboxylic acids is 3. The second kappa shape index (κ2) is 7.80. The second-order valence-corrected chi connectivity index (χ2v) is 8.81. The molecule has 2 heterocycles. The first-order valence-corrected chi connectivity index (χ1v) is 10.9. The van der Waals surface area contributed by atoms with Gasteiger partial charge in [-0.1, -0.05) is 25.7 Å². The highest BCUT2D eigenvalue weighted by molar-refractivity contribution is 6.02.